The number of nitrogens with zero attached hydrogens (tertiary/aromatic N) is 2. The number of nitrogens with one attached hydrogen (secondary N) is 1. The van der Waals surface area contributed by atoms with Crippen molar-refractivity contribution in [2.45, 2.75) is 20.3 Å². The third-order valence-corrected chi connectivity index (χ3v) is 5.89. The summed E-state index contributed by atoms with van der Waals surface area (Å²) in [6.07, 6.45) is 0.815. The van der Waals surface area contributed by atoms with Gasteiger partial charge in [-0.2, -0.15) is 0 Å². The standard InChI is InChI=1S/C16H13Cl2N3OS2/c1-3-13-19-8(2)14(24-13)15(22)21-16-20-12(7-23-16)10-5-4-9(17)6-11(10)18/h4-7H,3H2,1-2H3,(H,20,21,22). The third kappa shape index (κ3) is 3.62. The molecule has 0 unspecified atom stereocenters. The van der Waals surface area contributed by atoms with Gasteiger partial charge in [-0.25, -0.2) is 9.97 Å². The number of benzene rings is 1. The Morgan fingerprint density at radius 2 is 2.08 bits per heavy atom. The van der Waals surface area contributed by atoms with Crippen molar-refractivity contribution in [3.05, 3.63) is 49.2 Å². The van der Waals surface area contributed by atoms with E-state index in [1.807, 2.05) is 25.3 Å². The fourth-order valence-electron chi connectivity index (χ4n) is 2.12. The predicted octanol–water partition coefficient (Wildman–Crippen LogP) is 5.70. The Hall–Kier alpha value is -1.47. The number of carbonyl (C=O) groups is 1. The molecule has 0 saturated heterocycles. The molecule has 0 spiro atoms. The number of hydrogen-bond acceptors (Lipinski definition) is 5. The Kier molecular flexibility index (Phi) is 5.20. The van der Waals surface area contributed by atoms with E-state index in [4.69, 9.17) is 23.2 Å². The molecule has 0 atom stereocenters. The molecular formula is C16H13Cl2N3OS2. The SMILES string of the molecule is CCc1nc(C)c(C(=O)Nc2nc(-c3ccc(Cl)cc3Cl)cs2)s1. The second kappa shape index (κ2) is 7.19. The second-order valence-corrected chi connectivity index (χ2v) is 7.78. The van der Waals surface area contributed by atoms with E-state index in [9.17, 15) is 4.79 Å². The Labute approximate surface area is 157 Å². The molecule has 3 aromatic rings. The first-order valence-corrected chi connectivity index (χ1v) is 9.61. The van der Waals surface area contributed by atoms with Gasteiger partial charge >= 0.3 is 0 Å². The maximum absolute atomic E-state index is 12.4. The first kappa shape index (κ1) is 17.4. The lowest BCUT2D eigenvalue weighted by atomic mass is 10.2. The number of aryl methyl sites for hydroxylation is 2. The van der Waals surface area contributed by atoms with Crippen LogP contribution in [0.1, 0.15) is 27.3 Å². The molecule has 24 heavy (non-hydrogen) atoms. The molecule has 4 nitrogen and oxygen atoms in total. The first-order chi connectivity index (χ1) is 11.5. The van der Waals surface area contributed by atoms with Gasteiger partial charge in [0.1, 0.15) is 4.88 Å². The zero-order chi connectivity index (χ0) is 17.3. The largest absolute Gasteiger partial charge is 0.297 e. The highest BCUT2D eigenvalue weighted by atomic mass is 35.5. The van der Waals surface area contributed by atoms with Gasteiger partial charge < -0.3 is 0 Å². The molecule has 2 aromatic heterocycles. The second-order valence-electron chi connectivity index (χ2n) is 4.99. The molecule has 3 rings (SSSR count). The van der Waals surface area contributed by atoms with E-state index in [0.29, 0.717) is 25.7 Å². The van der Waals surface area contributed by atoms with E-state index < -0.39 is 0 Å². The smallest absolute Gasteiger partial charge is 0.269 e. The van der Waals surface area contributed by atoms with Crippen molar-refractivity contribution >= 4 is 56.9 Å². The summed E-state index contributed by atoms with van der Waals surface area (Å²) in [5.41, 5.74) is 2.22. The molecule has 1 amide bonds. The molecular weight excluding hydrogens is 385 g/mol. The minimum atomic E-state index is -0.187. The molecule has 0 aliphatic rings. The number of carbonyl (C=O) groups excluding carboxylic acids is 1. The normalized spacial score (nSPS) is 10.8. The minimum Gasteiger partial charge on any atom is -0.297 e. The van der Waals surface area contributed by atoms with Crippen molar-refractivity contribution in [1.82, 2.24) is 9.97 Å². The topological polar surface area (TPSA) is 54.9 Å². The number of rotatable bonds is 4. The average Bonchev–Trinajstić information content (AvgIpc) is 3.13. The van der Waals surface area contributed by atoms with Crippen molar-refractivity contribution in [2.75, 3.05) is 5.32 Å². The molecule has 0 aliphatic carbocycles. The van der Waals surface area contributed by atoms with E-state index in [1.165, 1.54) is 22.7 Å². The van der Waals surface area contributed by atoms with Crippen molar-refractivity contribution < 1.29 is 4.79 Å². The summed E-state index contributed by atoms with van der Waals surface area (Å²) in [5, 5.41) is 7.24. The fourth-order valence-corrected chi connectivity index (χ4v) is 4.23. The van der Waals surface area contributed by atoms with E-state index >= 15 is 0 Å². The molecule has 1 aromatic carbocycles. The van der Waals surface area contributed by atoms with Crippen molar-refractivity contribution in [2.24, 2.45) is 0 Å². The average molecular weight is 398 g/mol. The Morgan fingerprint density at radius 1 is 1.29 bits per heavy atom. The lowest BCUT2D eigenvalue weighted by Crippen LogP contribution is -2.11. The van der Waals surface area contributed by atoms with Gasteiger partial charge in [-0.1, -0.05) is 30.1 Å². The Balaban J connectivity index is 1.80. The van der Waals surface area contributed by atoms with Crippen LogP contribution in [-0.4, -0.2) is 15.9 Å². The van der Waals surface area contributed by atoms with Gasteiger partial charge in [-0.05, 0) is 31.5 Å². The third-order valence-electron chi connectivity index (χ3n) is 3.28. The van der Waals surface area contributed by atoms with Crippen LogP contribution >= 0.6 is 45.9 Å². The maximum Gasteiger partial charge on any atom is 0.269 e. The van der Waals surface area contributed by atoms with Gasteiger partial charge in [0.2, 0.25) is 0 Å². The number of halogens is 2. The van der Waals surface area contributed by atoms with E-state index in [1.54, 1.807) is 12.1 Å². The van der Waals surface area contributed by atoms with Gasteiger partial charge in [0.05, 0.1) is 21.4 Å². The van der Waals surface area contributed by atoms with Crippen molar-refractivity contribution in [3.8, 4) is 11.3 Å². The number of thiazole rings is 2. The molecule has 2 heterocycles. The van der Waals surface area contributed by atoms with Crippen LogP contribution in [0, 0.1) is 6.92 Å². The quantitative estimate of drug-likeness (QED) is 0.614. The van der Waals surface area contributed by atoms with Gasteiger partial charge in [0.25, 0.3) is 5.91 Å². The minimum absolute atomic E-state index is 0.187. The van der Waals surface area contributed by atoms with Crippen LogP contribution in [0.5, 0.6) is 0 Å². The number of amides is 1. The predicted molar refractivity (Wildman–Crippen MR) is 102 cm³/mol. The summed E-state index contributed by atoms with van der Waals surface area (Å²) in [5.74, 6) is -0.187. The number of hydrogen-bond donors (Lipinski definition) is 1. The van der Waals surface area contributed by atoms with Crippen molar-refractivity contribution in [3.63, 3.8) is 0 Å². The number of anilines is 1. The van der Waals surface area contributed by atoms with Crippen LogP contribution in [0.25, 0.3) is 11.3 Å². The summed E-state index contributed by atoms with van der Waals surface area (Å²) < 4.78 is 0. The van der Waals surface area contributed by atoms with E-state index in [2.05, 4.69) is 15.3 Å². The van der Waals surface area contributed by atoms with Gasteiger partial charge in [-0.15, -0.1) is 22.7 Å². The van der Waals surface area contributed by atoms with E-state index in [-0.39, 0.29) is 5.91 Å². The van der Waals surface area contributed by atoms with Crippen LogP contribution in [-0.2, 0) is 6.42 Å². The Bertz CT molecular complexity index is 905. The lowest BCUT2D eigenvalue weighted by Gasteiger charge is -2.01. The molecule has 0 aliphatic heterocycles. The van der Waals surface area contributed by atoms with Gasteiger partial charge in [0.15, 0.2) is 5.13 Å². The monoisotopic (exact) mass is 397 g/mol. The highest BCUT2D eigenvalue weighted by molar-refractivity contribution is 7.15. The number of aromatic nitrogens is 2. The fraction of sp³-hybridized carbons (Fsp3) is 0.188. The van der Waals surface area contributed by atoms with Crippen LogP contribution < -0.4 is 5.32 Å². The van der Waals surface area contributed by atoms with Crippen molar-refractivity contribution in [1.29, 1.82) is 0 Å². The van der Waals surface area contributed by atoms with Gasteiger partial charge in [-0.3, -0.25) is 10.1 Å². The molecule has 0 saturated carbocycles. The molecule has 124 valence electrons. The summed E-state index contributed by atoms with van der Waals surface area (Å²) in [7, 11) is 0. The summed E-state index contributed by atoms with van der Waals surface area (Å²) >= 11 is 14.9. The van der Waals surface area contributed by atoms with Gasteiger partial charge in [0, 0.05) is 16.0 Å². The zero-order valence-electron chi connectivity index (χ0n) is 12.9. The highest BCUT2D eigenvalue weighted by Gasteiger charge is 2.17. The molecule has 1 N–H and O–H groups in total. The zero-order valence-corrected chi connectivity index (χ0v) is 16.0. The molecule has 8 heteroatoms. The Morgan fingerprint density at radius 3 is 2.75 bits per heavy atom. The lowest BCUT2D eigenvalue weighted by molar-refractivity contribution is 0.103. The van der Waals surface area contributed by atoms with Crippen LogP contribution in [0.4, 0.5) is 5.13 Å². The summed E-state index contributed by atoms with van der Waals surface area (Å²) in [6, 6.07) is 5.24. The molecule has 0 bridgehead atoms. The van der Waals surface area contributed by atoms with Crippen LogP contribution in [0.2, 0.25) is 10.0 Å². The van der Waals surface area contributed by atoms with Crippen LogP contribution in [0.3, 0.4) is 0 Å². The summed E-state index contributed by atoms with van der Waals surface area (Å²) in [4.78, 5) is 21.8. The maximum atomic E-state index is 12.4. The highest BCUT2D eigenvalue weighted by Crippen LogP contribution is 2.32. The first-order valence-electron chi connectivity index (χ1n) is 7.16. The summed E-state index contributed by atoms with van der Waals surface area (Å²) in [6.45, 7) is 3.86. The molecule has 0 radical (unpaired) electrons. The van der Waals surface area contributed by atoms with E-state index in [0.717, 1.165) is 22.7 Å². The van der Waals surface area contributed by atoms with Crippen LogP contribution in [0.15, 0.2) is 23.6 Å². The molecule has 0 fully saturated rings.